The summed E-state index contributed by atoms with van der Waals surface area (Å²) in [6.07, 6.45) is -3.79. The second-order valence-corrected chi connectivity index (χ2v) is 9.35. The zero-order valence-corrected chi connectivity index (χ0v) is 19.4. The molecule has 0 spiro atoms. The van der Waals surface area contributed by atoms with Gasteiger partial charge in [0.15, 0.2) is 0 Å². The van der Waals surface area contributed by atoms with E-state index in [1.165, 1.54) is 12.1 Å². The Hall–Kier alpha value is -2.99. The van der Waals surface area contributed by atoms with Crippen molar-refractivity contribution in [3.05, 3.63) is 87.7 Å². The van der Waals surface area contributed by atoms with E-state index in [-0.39, 0.29) is 31.0 Å². The summed E-state index contributed by atoms with van der Waals surface area (Å²) >= 11 is 0.416. The third-order valence-corrected chi connectivity index (χ3v) is 6.90. The molecule has 2 aliphatic rings. The largest absolute Gasteiger partial charge is 0.485 e. The average Bonchev–Trinajstić information content (AvgIpc) is 3.26. The molecular formula is C25H16F8O3S. The highest BCUT2D eigenvalue weighted by atomic mass is 32.2. The van der Waals surface area contributed by atoms with Crippen LogP contribution in [0.1, 0.15) is 34.6 Å². The Labute approximate surface area is 209 Å². The van der Waals surface area contributed by atoms with Crippen molar-refractivity contribution >= 4 is 12.0 Å². The highest BCUT2D eigenvalue weighted by Crippen LogP contribution is 2.45. The lowest BCUT2D eigenvalue weighted by Crippen LogP contribution is -2.38. The van der Waals surface area contributed by atoms with E-state index in [0.29, 0.717) is 35.3 Å². The van der Waals surface area contributed by atoms with Gasteiger partial charge in [-0.2, -0.15) is 22.0 Å². The lowest BCUT2D eigenvalue weighted by Gasteiger charge is -2.29. The first-order valence-electron chi connectivity index (χ1n) is 11.0. The van der Waals surface area contributed by atoms with Crippen LogP contribution in [0.2, 0.25) is 0 Å². The van der Waals surface area contributed by atoms with Crippen molar-refractivity contribution < 1.29 is 48.8 Å². The van der Waals surface area contributed by atoms with E-state index in [0.717, 1.165) is 23.3 Å². The van der Waals surface area contributed by atoms with Crippen molar-refractivity contribution in [1.82, 2.24) is 0 Å². The Morgan fingerprint density at radius 1 is 0.811 bits per heavy atom. The van der Waals surface area contributed by atoms with Gasteiger partial charge >= 0.3 is 6.18 Å². The SMILES string of the molecule is Fc1c(F)c(F)c(OSc2ccc3c(c2)CCC3c2ccc(C(F)(F)F)cc2OC2COC2)c(F)c1F. The summed E-state index contributed by atoms with van der Waals surface area (Å²) in [5, 5.41) is 0. The number of hydrogen-bond donors (Lipinski definition) is 0. The van der Waals surface area contributed by atoms with Crippen LogP contribution in [0, 0.1) is 29.1 Å². The third-order valence-electron chi connectivity index (χ3n) is 6.20. The zero-order valence-electron chi connectivity index (χ0n) is 18.6. The van der Waals surface area contributed by atoms with Crippen LogP contribution >= 0.6 is 12.0 Å². The molecule has 1 fully saturated rings. The van der Waals surface area contributed by atoms with Gasteiger partial charge in [-0.15, -0.1) is 0 Å². The van der Waals surface area contributed by atoms with Gasteiger partial charge in [-0.1, -0.05) is 12.1 Å². The fraction of sp³-hybridized carbons (Fsp3) is 0.280. The van der Waals surface area contributed by atoms with Crippen LogP contribution in [0.3, 0.4) is 0 Å². The number of ether oxygens (including phenoxy) is 2. The molecule has 5 rings (SSSR count). The van der Waals surface area contributed by atoms with Gasteiger partial charge in [0.1, 0.15) is 11.9 Å². The first-order valence-corrected chi connectivity index (χ1v) is 11.7. The fourth-order valence-corrected chi connectivity index (χ4v) is 4.92. The first-order chi connectivity index (χ1) is 17.5. The molecule has 1 aliphatic heterocycles. The number of alkyl halides is 3. The van der Waals surface area contributed by atoms with E-state index >= 15 is 0 Å². The van der Waals surface area contributed by atoms with Crippen LogP contribution in [0.25, 0.3) is 0 Å². The number of halogens is 8. The minimum atomic E-state index is -4.54. The molecule has 1 unspecified atom stereocenters. The Bertz CT molecular complexity index is 1330. The normalized spacial score (nSPS) is 17.5. The summed E-state index contributed by atoms with van der Waals surface area (Å²) in [5.74, 6) is -12.3. The van der Waals surface area contributed by atoms with E-state index in [9.17, 15) is 35.1 Å². The van der Waals surface area contributed by atoms with Gasteiger partial charge in [-0.05, 0) is 48.2 Å². The molecule has 3 aromatic carbocycles. The van der Waals surface area contributed by atoms with Crippen molar-refractivity contribution in [3.63, 3.8) is 0 Å². The molecule has 3 aromatic rings. The minimum Gasteiger partial charge on any atom is -0.485 e. The summed E-state index contributed by atoms with van der Waals surface area (Å²) in [5.41, 5.74) is 1.36. The van der Waals surface area contributed by atoms with E-state index in [2.05, 4.69) is 0 Å². The molecule has 0 bridgehead atoms. The predicted molar refractivity (Wildman–Crippen MR) is 116 cm³/mol. The van der Waals surface area contributed by atoms with Gasteiger partial charge in [0.05, 0.1) is 30.8 Å². The van der Waals surface area contributed by atoms with Crippen LogP contribution in [0.5, 0.6) is 11.5 Å². The van der Waals surface area contributed by atoms with Crippen molar-refractivity contribution in [3.8, 4) is 11.5 Å². The fourth-order valence-electron chi connectivity index (χ4n) is 4.28. The summed E-state index contributed by atoms with van der Waals surface area (Å²) < 4.78 is 123. The lowest BCUT2D eigenvalue weighted by atomic mass is 9.91. The van der Waals surface area contributed by atoms with Gasteiger partial charge in [0.2, 0.25) is 34.8 Å². The van der Waals surface area contributed by atoms with Gasteiger partial charge in [0, 0.05) is 16.4 Å². The van der Waals surface area contributed by atoms with Crippen molar-refractivity contribution in [1.29, 1.82) is 0 Å². The number of fused-ring (bicyclic) bond motifs is 1. The molecule has 3 nitrogen and oxygen atoms in total. The van der Waals surface area contributed by atoms with E-state index in [4.69, 9.17) is 13.7 Å². The van der Waals surface area contributed by atoms with E-state index in [1.807, 2.05) is 0 Å². The first kappa shape index (κ1) is 25.7. The molecule has 12 heteroatoms. The topological polar surface area (TPSA) is 27.7 Å². The van der Waals surface area contributed by atoms with Crippen molar-refractivity contribution in [2.45, 2.75) is 35.9 Å². The van der Waals surface area contributed by atoms with Crippen LogP contribution in [-0.4, -0.2) is 19.3 Å². The van der Waals surface area contributed by atoms with Gasteiger partial charge < -0.3 is 13.7 Å². The molecule has 0 aromatic heterocycles. The van der Waals surface area contributed by atoms with E-state index < -0.39 is 46.6 Å². The Kier molecular flexibility index (Phi) is 6.73. The summed E-state index contributed by atoms with van der Waals surface area (Å²) in [4.78, 5) is 0.332. The second kappa shape index (κ2) is 9.71. The molecule has 1 saturated heterocycles. The number of hydrogen-bond acceptors (Lipinski definition) is 4. The molecular weight excluding hydrogens is 532 g/mol. The average molecular weight is 548 g/mol. The monoisotopic (exact) mass is 548 g/mol. The van der Waals surface area contributed by atoms with Crippen molar-refractivity contribution in [2.24, 2.45) is 0 Å². The van der Waals surface area contributed by atoms with Gasteiger partial charge in [-0.25, -0.2) is 13.2 Å². The third kappa shape index (κ3) is 4.84. The highest BCUT2D eigenvalue weighted by molar-refractivity contribution is 7.95. The number of aryl methyl sites for hydroxylation is 1. The maximum Gasteiger partial charge on any atom is 0.416 e. The number of rotatable bonds is 6. The molecule has 196 valence electrons. The molecule has 1 atom stereocenters. The van der Waals surface area contributed by atoms with Crippen molar-refractivity contribution in [2.75, 3.05) is 13.2 Å². The molecule has 0 saturated carbocycles. The van der Waals surface area contributed by atoms with Gasteiger partial charge in [-0.3, -0.25) is 0 Å². The van der Waals surface area contributed by atoms with Crippen LogP contribution in [0.15, 0.2) is 41.3 Å². The highest BCUT2D eigenvalue weighted by Gasteiger charge is 2.35. The van der Waals surface area contributed by atoms with E-state index in [1.54, 1.807) is 12.1 Å². The molecule has 1 aliphatic carbocycles. The second-order valence-electron chi connectivity index (χ2n) is 8.55. The summed E-state index contributed by atoms with van der Waals surface area (Å²) in [6, 6.07) is 8.22. The van der Waals surface area contributed by atoms with Crippen LogP contribution < -0.4 is 8.92 Å². The van der Waals surface area contributed by atoms with Crippen LogP contribution in [0.4, 0.5) is 35.1 Å². The molecule has 0 N–H and O–H groups in total. The summed E-state index contributed by atoms with van der Waals surface area (Å²) in [7, 11) is 0. The Morgan fingerprint density at radius 2 is 1.46 bits per heavy atom. The maximum absolute atomic E-state index is 13.9. The van der Waals surface area contributed by atoms with Crippen LogP contribution in [-0.2, 0) is 17.3 Å². The Morgan fingerprint density at radius 3 is 2.08 bits per heavy atom. The Balaban J connectivity index is 1.39. The quantitative estimate of drug-likeness (QED) is 0.139. The number of benzene rings is 3. The lowest BCUT2D eigenvalue weighted by molar-refractivity contribution is -0.138. The standard InChI is InChI=1S/C25H16F8O3S/c26-19-20(27)22(29)24(23(30)21(19)28)36-37-14-3-6-15-11(7-14)1-4-16(15)17-5-2-12(25(31,32)33)8-18(17)35-13-9-34-10-13/h2-3,5-8,13,16H,1,4,9-10H2. The summed E-state index contributed by atoms with van der Waals surface area (Å²) in [6.45, 7) is 0.557. The maximum atomic E-state index is 13.9. The predicted octanol–water partition coefficient (Wildman–Crippen LogP) is 7.34. The molecule has 0 amide bonds. The smallest absolute Gasteiger partial charge is 0.416 e. The molecule has 37 heavy (non-hydrogen) atoms. The molecule has 0 radical (unpaired) electrons. The minimum absolute atomic E-state index is 0.120. The van der Waals surface area contributed by atoms with Gasteiger partial charge in [0.25, 0.3) is 0 Å². The zero-order chi connectivity index (χ0) is 26.5. The molecule has 1 heterocycles.